The van der Waals surface area contributed by atoms with Crippen molar-refractivity contribution in [1.29, 1.82) is 0 Å². The Kier molecular flexibility index (Phi) is 2.68. The van der Waals surface area contributed by atoms with E-state index < -0.39 is 0 Å². The van der Waals surface area contributed by atoms with Crippen LogP contribution in [0, 0.1) is 4.64 Å². The molecule has 15 heavy (non-hydrogen) atoms. The molecule has 0 aliphatic heterocycles. The molecular formula is C11H12N2OS. The van der Waals surface area contributed by atoms with Crippen molar-refractivity contribution in [1.82, 2.24) is 9.97 Å². The number of furan rings is 1. The van der Waals surface area contributed by atoms with Crippen LogP contribution in [0.3, 0.4) is 0 Å². The molecular weight excluding hydrogens is 208 g/mol. The lowest BCUT2D eigenvalue weighted by molar-refractivity contribution is 0.576. The van der Waals surface area contributed by atoms with Gasteiger partial charge in [0, 0.05) is 5.69 Å². The normalized spacial score (nSPS) is 10.9. The highest BCUT2D eigenvalue weighted by molar-refractivity contribution is 7.71. The zero-order valence-corrected chi connectivity index (χ0v) is 9.47. The average molecular weight is 220 g/mol. The van der Waals surface area contributed by atoms with E-state index in [-0.39, 0.29) is 0 Å². The molecule has 0 saturated heterocycles. The van der Waals surface area contributed by atoms with Crippen LogP contribution < -0.4 is 0 Å². The van der Waals surface area contributed by atoms with E-state index in [9.17, 15) is 0 Å². The van der Waals surface area contributed by atoms with Gasteiger partial charge >= 0.3 is 0 Å². The van der Waals surface area contributed by atoms with Gasteiger partial charge in [-0.05, 0) is 24.1 Å². The third-order valence-electron chi connectivity index (χ3n) is 2.14. The van der Waals surface area contributed by atoms with E-state index in [0.717, 1.165) is 5.69 Å². The average Bonchev–Trinajstić information content (AvgIpc) is 2.69. The Hall–Kier alpha value is -1.42. The van der Waals surface area contributed by atoms with Crippen molar-refractivity contribution in [2.45, 2.75) is 19.8 Å². The lowest BCUT2D eigenvalue weighted by Gasteiger charge is -2.06. The number of hydrogen-bond donors (Lipinski definition) is 1. The molecule has 2 aromatic rings. The smallest absolute Gasteiger partial charge is 0.175 e. The number of nitrogens with one attached hydrogen (secondary N) is 1. The minimum absolute atomic E-state index is 0.392. The van der Waals surface area contributed by atoms with Crippen molar-refractivity contribution in [2.24, 2.45) is 0 Å². The molecule has 0 fully saturated rings. The minimum Gasteiger partial charge on any atom is -0.461 e. The van der Waals surface area contributed by atoms with Crippen LogP contribution in [0.4, 0.5) is 0 Å². The van der Waals surface area contributed by atoms with Crippen molar-refractivity contribution in [3.63, 3.8) is 0 Å². The van der Waals surface area contributed by atoms with Gasteiger partial charge in [-0.2, -0.15) is 0 Å². The van der Waals surface area contributed by atoms with Crippen LogP contribution in [-0.4, -0.2) is 9.97 Å². The summed E-state index contributed by atoms with van der Waals surface area (Å²) in [7, 11) is 0. The number of aromatic nitrogens is 2. The third kappa shape index (κ3) is 2.15. The molecule has 2 heterocycles. The van der Waals surface area contributed by atoms with E-state index in [1.807, 2.05) is 18.2 Å². The SMILES string of the molecule is CC(C)c1cc(=S)nc(-c2ccco2)[nH]1. The van der Waals surface area contributed by atoms with Crippen LogP contribution in [0.25, 0.3) is 11.6 Å². The molecule has 2 rings (SSSR count). The predicted octanol–water partition coefficient (Wildman–Crippen LogP) is 3.52. The molecule has 1 N–H and O–H groups in total. The van der Waals surface area contributed by atoms with E-state index in [2.05, 4.69) is 23.8 Å². The van der Waals surface area contributed by atoms with E-state index in [1.165, 1.54) is 0 Å². The van der Waals surface area contributed by atoms with Crippen LogP contribution in [0.2, 0.25) is 0 Å². The first-order chi connectivity index (χ1) is 7.16. The number of nitrogens with zero attached hydrogens (tertiary/aromatic N) is 1. The summed E-state index contributed by atoms with van der Waals surface area (Å²) in [5.74, 6) is 1.79. The topological polar surface area (TPSA) is 41.8 Å². The first kappa shape index (κ1) is 10.1. The molecule has 0 aromatic carbocycles. The summed E-state index contributed by atoms with van der Waals surface area (Å²) in [6, 6.07) is 5.57. The predicted molar refractivity (Wildman–Crippen MR) is 61.2 cm³/mol. The van der Waals surface area contributed by atoms with Gasteiger partial charge in [-0.3, -0.25) is 0 Å². The Morgan fingerprint density at radius 1 is 1.47 bits per heavy atom. The molecule has 0 aliphatic carbocycles. The monoisotopic (exact) mass is 220 g/mol. The molecule has 0 spiro atoms. The summed E-state index contributed by atoms with van der Waals surface area (Å²) in [4.78, 5) is 7.44. The third-order valence-corrected chi connectivity index (χ3v) is 2.35. The molecule has 0 aliphatic rings. The Morgan fingerprint density at radius 2 is 2.27 bits per heavy atom. The van der Waals surface area contributed by atoms with E-state index in [4.69, 9.17) is 16.6 Å². The molecule has 0 unspecified atom stereocenters. The first-order valence-corrected chi connectivity index (χ1v) is 5.23. The fourth-order valence-electron chi connectivity index (χ4n) is 1.32. The van der Waals surface area contributed by atoms with Gasteiger partial charge in [0.05, 0.1) is 6.26 Å². The molecule has 2 aromatic heterocycles. The summed E-state index contributed by atoms with van der Waals surface area (Å²) in [5.41, 5.74) is 1.07. The van der Waals surface area contributed by atoms with Crippen LogP contribution in [-0.2, 0) is 0 Å². The van der Waals surface area contributed by atoms with Crippen molar-refractivity contribution < 1.29 is 4.42 Å². The van der Waals surface area contributed by atoms with Crippen molar-refractivity contribution >= 4 is 12.2 Å². The van der Waals surface area contributed by atoms with E-state index in [1.54, 1.807) is 6.26 Å². The second-order valence-electron chi connectivity index (χ2n) is 3.66. The maximum Gasteiger partial charge on any atom is 0.175 e. The molecule has 0 bridgehead atoms. The molecule has 4 heteroatoms. The maximum absolute atomic E-state index is 5.27. The highest BCUT2D eigenvalue weighted by atomic mass is 32.1. The Labute approximate surface area is 93.2 Å². The zero-order chi connectivity index (χ0) is 10.8. The molecule has 0 saturated carbocycles. The van der Waals surface area contributed by atoms with Gasteiger partial charge < -0.3 is 9.40 Å². The Bertz CT molecular complexity index is 500. The van der Waals surface area contributed by atoms with Gasteiger partial charge in [0.2, 0.25) is 0 Å². The summed E-state index contributed by atoms with van der Waals surface area (Å²) in [6.45, 7) is 4.21. The summed E-state index contributed by atoms with van der Waals surface area (Å²) in [5, 5.41) is 0. The molecule has 3 nitrogen and oxygen atoms in total. The summed E-state index contributed by atoms with van der Waals surface area (Å²) in [6.07, 6.45) is 1.62. The van der Waals surface area contributed by atoms with Gasteiger partial charge in [0.25, 0.3) is 0 Å². The number of aromatic amines is 1. The number of rotatable bonds is 2. The quantitative estimate of drug-likeness (QED) is 0.787. The Balaban J connectivity index is 2.54. The molecule has 78 valence electrons. The highest BCUT2D eigenvalue weighted by Crippen LogP contribution is 2.18. The van der Waals surface area contributed by atoms with Crippen molar-refractivity contribution in [2.75, 3.05) is 0 Å². The van der Waals surface area contributed by atoms with Gasteiger partial charge in [0.1, 0.15) is 4.64 Å². The first-order valence-electron chi connectivity index (χ1n) is 4.82. The molecule has 0 atom stereocenters. The summed E-state index contributed by atoms with van der Waals surface area (Å²) < 4.78 is 5.86. The van der Waals surface area contributed by atoms with E-state index >= 15 is 0 Å². The van der Waals surface area contributed by atoms with Gasteiger partial charge in [-0.1, -0.05) is 26.1 Å². The van der Waals surface area contributed by atoms with Crippen molar-refractivity contribution in [3.05, 3.63) is 34.8 Å². The fourth-order valence-corrected chi connectivity index (χ4v) is 1.54. The second kappa shape index (κ2) is 3.98. The van der Waals surface area contributed by atoms with Gasteiger partial charge in [-0.25, -0.2) is 4.98 Å². The second-order valence-corrected chi connectivity index (χ2v) is 4.07. The fraction of sp³-hybridized carbons (Fsp3) is 0.273. The molecule has 0 radical (unpaired) electrons. The van der Waals surface area contributed by atoms with E-state index in [0.29, 0.717) is 22.1 Å². The lowest BCUT2D eigenvalue weighted by Crippen LogP contribution is -1.97. The number of hydrogen-bond acceptors (Lipinski definition) is 3. The molecule has 0 amide bonds. The van der Waals surface area contributed by atoms with Gasteiger partial charge in [0.15, 0.2) is 11.6 Å². The van der Waals surface area contributed by atoms with Crippen LogP contribution >= 0.6 is 12.2 Å². The Morgan fingerprint density at radius 3 is 2.87 bits per heavy atom. The van der Waals surface area contributed by atoms with Crippen molar-refractivity contribution in [3.8, 4) is 11.6 Å². The summed E-state index contributed by atoms with van der Waals surface area (Å²) >= 11 is 5.11. The minimum atomic E-state index is 0.392. The van der Waals surface area contributed by atoms with Crippen LogP contribution in [0.1, 0.15) is 25.5 Å². The maximum atomic E-state index is 5.27. The largest absolute Gasteiger partial charge is 0.461 e. The zero-order valence-electron chi connectivity index (χ0n) is 8.65. The lowest BCUT2D eigenvalue weighted by atomic mass is 10.1. The highest BCUT2D eigenvalue weighted by Gasteiger charge is 2.06. The standard InChI is InChI=1S/C11H12N2OS/c1-7(2)8-6-10(15)13-11(12-8)9-4-3-5-14-9/h3-7H,1-2H3,(H,12,13,15). The number of H-pyrrole nitrogens is 1. The van der Waals surface area contributed by atoms with Crippen LogP contribution in [0.5, 0.6) is 0 Å². The van der Waals surface area contributed by atoms with Crippen LogP contribution in [0.15, 0.2) is 28.9 Å². The van der Waals surface area contributed by atoms with Gasteiger partial charge in [-0.15, -0.1) is 0 Å².